The highest BCUT2D eigenvalue weighted by atomic mass is 19.1. The Balaban J connectivity index is 1.61. The third-order valence-corrected chi connectivity index (χ3v) is 4.08. The molecule has 2 rings (SSSR count). The highest BCUT2D eigenvalue weighted by molar-refractivity contribution is 5.42. The Hall–Kier alpha value is -2.14. The van der Waals surface area contributed by atoms with Crippen LogP contribution in [0.25, 0.3) is 0 Å². The Labute approximate surface area is 149 Å². The van der Waals surface area contributed by atoms with Crippen molar-refractivity contribution in [2.75, 3.05) is 31.7 Å². The highest BCUT2D eigenvalue weighted by Crippen LogP contribution is 2.22. The number of halogens is 1. The van der Waals surface area contributed by atoms with Crippen LogP contribution >= 0.6 is 0 Å². The number of nitrogens with zero attached hydrogens (tertiary/aromatic N) is 1. The lowest BCUT2D eigenvalue weighted by Crippen LogP contribution is -2.13. The fraction of sp³-hybridized carbons (Fsp3) is 0.450. The zero-order valence-corrected chi connectivity index (χ0v) is 14.9. The van der Waals surface area contributed by atoms with E-state index in [1.54, 1.807) is 0 Å². The summed E-state index contributed by atoms with van der Waals surface area (Å²) in [6.07, 6.45) is 7.42. The molecule has 0 radical (unpaired) electrons. The van der Waals surface area contributed by atoms with Gasteiger partial charge in [0, 0.05) is 18.8 Å². The molecular weight excluding hydrogens is 319 g/mol. The summed E-state index contributed by atoms with van der Waals surface area (Å²) in [4.78, 5) is 4.41. The summed E-state index contributed by atoms with van der Waals surface area (Å²) in [5.41, 5.74) is 3.51. The molecule has 25 heavy (non-hydrogen) atoms. The van der Waals surface area contributed by atoms with E-state index in [0.717, 1.165) is 24.2 Å². The van der Waals surface area contributed by atoms with Crippen LogP contribution in [0.5, 0.6) is 0 Å². The summed E-state index contributed by atoms with van der Waals surface area (Å²) < 4.78 is 24.0. The molecule has 1 aliphatic rings. The van der Waals surface area contributed by atoms with E-state index in [2.05, 4.69) is 29.5 Å². The van der Waals surface area contributed by atoms with Crippen LogP contribution in [-0.4, -0.2) is 31.3 Å². The van der Waals surface area contributed by atoms with Gasteiger partial charge in [-0.15, -0.1) is 0 Å². The van der Waals surface area contributed by atoms with Crippen LogP contribution in [0, 0.1) is 0 Å². The number of rotatable bonds is 11. The predicted molar refractivity (Wildman–Crippen MR) is 99.3 cm³/mol. The van der Waals surface area contributed by atoms with Crippen molar-refractivity contribution in [3.05, 3.63) is 59.8 Å². The minimum atomic E-state index is -0.545. The second-order valence-corrected chi connectivity index (χ2v) is 5.99. The monoisotopic (exact) mass is 346 g/mol. The third-order valence-electron chi connectivity index (χ3n) is 4.08. The fourth-order valence-corrected chi connectivity index (χ4v) is 2.68. The van der Waals surface area contributed by atoms with Gasteiger partial charge < -0.3 is 14.8 Å². The van der Waals surface area contributed by atoms with Crippen LogP contribution in [0.3, 0.4) is 0 Å². The second-order valence-electron chi connectivity index (χ2n) is 5.99. The number of nitrogens with one attached hydrogen (secondary N) is 1. The van der Waals surface area contributed by atoms with Gasteiger partial charge in [-0.3, -0.25) is 0 Å². The summed E-state index contributed by atoms with van der Waals surface area (Å²) in [5, 5.41) is 3.26. The molecular formula is C20H27FN2O2. The number of pyridine rings is 1. The lowest BCUT2D eigenvalue weighted by atomic mass is 10.2. The molecule has 4 nitrogen and oxygen atoms in total. The van der Waals surface area contributed by atoms with Gasteiger partial charge in [-0.05, 0) is 48.4 Å². The Morgan fingerprint density at radius 1 is 1.28 bits per heavy atom. The van der Waals surface area contributed by atoms with Crippen molar-refractivity contribution in [3.63, 3.8) is 0 Å². The molecule has 0 aromatic carbocycles. The van der Waals surface area contributed by atoms with Gasteiger partial charge in [-0.1, -0.05) is 20.1 Å². The Morgan fingerprint density at radius 3 is 2.84 bits per heavy atom. The summed E-state index contributed by atoms with van der Waals surface area (Å²) in [6.45, 7) is 11.0. The van der Waals surface area contributed by atoms with E-state index in [1.807, 2.05) is 13.1 Å². The van der Waals surface area contributed by atoms with E-state index >= 15 is 0 Å². The summed E-state index contributed by atoms with van der Waals surface area (Å²) in [6, 6.07) is 2.13. The van der Waals surface area contributed by atoms with Crippen LogP contribution in [0.1, 0.15) is 30.9 Å². The molecule has 1 aliphatic carbocycles. The van der Waals surface area contributed by atoms with Crippen molar-refractivity contribution in [3.8, 4) is 0 Å². The van der Waals surface area contributed by atoms with E-state index in [1.165, 1.54) is 23.6 Å². The molecule has 1 aromatic rings. The summed E-state index contributed by atoms with van der Waals surface area (Å²) in [7, 11) is 0. The lowest BCUT2D eigenvalue weighted by Gasteiger charge is -2.12. The smallest absolute Gasteiger partial charge is 0.126 e. The molecule has 5 heteroatoms. The number of ether oxygens (including phenoxy) is 2. The molecule has 0 spiro atoms. The van der Waals surface area contributed by atoms with Gasteiger partial charge >= 0.3 is 0 Å². The van der Waals surface area contributed by atoms with Crippen LogP contribution in [0.2, 0.25) is 0 Å². The number of hydrogen-bond acceptors (Lipinski definition) is 4. The maximum atomic E-state index is 12.9. The zero-order valence-electron chi connectivity index (χ0n) is 14.9. The second kappa shape index (κ2) is 9.99. The van der Waals surface area contributed by atoms with Crippen LogP contribution < -0.4 is 5.32 Å². The van der Waals surface area contributed by atoms with Gasteiger partial charge in [0.2, 0.25) is 0 Å². The van der Waals surface area contributed by atoms with Crippen molar-refractivity contribution < 1.29 is 13.9 Å². The van der Waals surface area contributed by atoms with Crippen molar-refractivity contribution >= 4 is 5.82 Å². The largest absolute Gasteiger partial charge is 0.491 e. The minimum absolute atomic E-state index is 0.342. The first-order valence-corrected chi connectivity index (χ1v) is 8.76. The highest BCUT2D eigenvalue weighted by Gasteiger charge is 2.11. The van der Waals surface area contributed by atoms with E-state index in [0.29, 0.717) is 38.5 Å². The van der Waals surface area contributed by atoms with Gasteiger partial charge in [-0.25, -0.2) is 9.37 Å². The Kier molecular flexibility index (Phi) is 7.67. The van der Waals surface area contributed by atoms with Crippen molar-refractivity contribution in [1.29, 1.82) is 0 Å². The van der Waals surface area contributed by atoms with E-state index in [4.69, 9.17) is 9.47 Å². The van der Waals surface area contributed by atoms with Gasteiger partial charge in [-0.2, -0.15) is 0 Å². The molecule has 0 saturated carbocycles. The lowest BCUT2D eigenvalue weighted by molar-refractivity contribution is 0.0831. The minimum Gasteiger partial charge on any atom is -0.491 e. The van der Waals surface area contributed by atoms with Crippen LogP contribution in [0.15, 0.2) is 48.7 Å². The van der Waals surface area contributed by atoms with Crippen molar-refractivity contribution in [2.24, 2.45) is 0 Å². The number of allylic oxidation sites excluding steroid dienone is 3. The first-order chi connectivity index (χ1) is 12.1. The average molecular weight is 346 g/mol. The maximum Gasteiger partial charge on any atom is 0.126 e. The maximum absolute atomic E-state index is 12.9. The molecule has 0 fully saturated rings. The number of hydrogen-bond donors (Lipinski definition) is 1. The SMILES string of the molecule is C=C(F)/C=C(/OCCOCCNc1cc2c(cn1)CCC2)C(=C)CC. The Morgan fingerprint density at radius 2 is 2.08 bits per heavy atom. The van der Waals surface area contributed by atoms with Crippen LogP contribution in [-0.2, 0) is 22.3 Å². The van der Waals surface area contributed by atoms with Gasteiger partial charge in [0.25, 0.3) is 0 Å². The number of fused-ring (bicyclic) bond motifs is 1. The van der Waals surface area contributed by atoms with E-state index in [-0.39, 0.29) is 0 Å². The molecule has 0 bridgehead atoms. The zero-order chi connectivity index (χ0) is 18.1. The fourth-order valence-electron chi connectivity index (χ4n) is 2.68. The molecule has 136 valence electrons. The van der Waals surface area contributed by atoms with Gasteiger partial charge in [0.15, 0.2) is 0 Å². The standard InChI is InChI=1S/C20H27FN2O2/c1-4-15(2)19(12-16(3)21)25-11-10-24-9-8-22-20-13-17-6-5-7-18(17)14-23-20/h12-14H,2-11H2,1H3,(H,22,23)/b19-12+. The van der Waals surface area contributed by atoms with Crippen molar-refractivity contribution in [1.82, 2.24) is 4.98 Å². The first kappa shape index (κ1) is 19.2. The van der Waals surface area contributed by atoms with Gasteiger partial charge in [0.05, 0.1) is 13.2 Å². The van der Waals surface area contributed by atoms with Crippen LogP contribution in [0.4, 0.5) is 10.2 Å². The number of anilines is 1. The molecule has 1 N–H and O–H groups in total. The summed E-state index contributed by atoms with van der Waals surface area (Å²) >= 11 is 0. The molecule has 1 aromatic heterocycles. The molecule has 0 atom stereocenters. The Bertz CT molecular complexity index is 641. The molecule has 0 aliphatic heterocycles. The average Bonchev–Trinajstić information content (AvgIpc) is 3.06. The first-order valence-electron chi connectivity index (χ1n) is 8.76. The van der Waals surface area contributed by atoms with Crippen molar-refractivity contribution in [2.45, 2.75) is 32.6 Å². The predicted octanol–water partition coefficient (Wildman–Crippen LogP) is 4.35. The normalized spacial score (nSPS) is 13.4. The molecule has 0 saturated heterocycles. The molecule has 0 amide bonds. The van der Waals surface area contributed by atoms with E-state index in [9.17, 15) is 4.39 Å². The van der Waals surface area contributed by atoms with Gasteiger partial charge in [0.1, 0.15) is 24.0 Å². The third kappa shape index (κ3) is 6.35. The van der Waals surface area contributed by atoms with E-state index < -0.39 is 5.83 Å². The topological polar surface area (TPSA) is 43.4 Å². The molecule has 0 unspecified atom stereocenters. The molecule has 1 heterocycles. The summed E-state index contributed by atoms with van der Waals surface area (Å²) in [5.74, 6) is 0.780. The quantitative estimate of drug-likeness (QED) is 0.367. The number of aromatic nitrogens is 1. The number of aryl methyl sites for hydroxylation is 2.